The van der Waals surface area contributed by atoms with Gasteiger partial charge in [-0.1, -0.05) is 6.92 Å². The van der Waals surface area contributed by atoms with Gasteiger partial charge in [0.25, 0.3) is 0 Å². The van der Waals surface area contributed by atoms with Gasteiger partial charge in [0.15, 0.2) is 0 Å². The number of hydrogen-bond donors (Lipinski definition) is 3. The molecule has 9 heteroatoms. The molecule has 2 rings (SSSR count). The van der Waals surface area contributed by atoms with Gasteiger partial charge in [0.1, 0.15) is 6.04 Å². The Bertz CT molecular complexity index is 542. The molecule has 3 atom stereocenters. The molecule has 2 heterocycles. The lowest BCUT2D eigenvalue weighted by molar-refractivity contribution is -0.144. The van der Waals surface area contributed by atoms with Crippen LogP contribution < -0.4 is 0 Å². The van der Waals surface area contributed by atoms with Crippen molar-refractivity contribution in [3.63, 3.8) is 0 Å². The first-order valence-corrected chi connectivity index (χ1v) is 8.54. The van der Waals surface area contributed by atoms with E-state index in [0.717, 1.165) is 4.90 Å². The van der Waals surface area contributed by atoms with E-state index >= 15 is 0 Å². The van der Waals surface area contributed by atoms with Crippen molar-refractivity contribution in [1.29, 1.82) is 0 Å². The third-order valence-corrected chi connectivity index (χ3v) is 5.45. The maximum atomic E-state index is 12.4. The number of amides is 3. The zero-order valence-corrected chi connectivity index (χ0v) is 14.7. The molecule has 0 aliphatic carbocycles. The zero-order valence-electron chi connectivity index (χ0n) is 14.7. The molecule has 0 aromatic carbocycles. The first-order valence-electron chi connectivity index (χ1n) is 8.54. The average Bonchev–Trinajstić information content (AvgIpc) is 2.58. The van der Waals surface area contributed by atoms with E-state index in [9.17, 15) is 24.6 Å². The van der Waals surface area contributed by atoms with Crippen molar-refractivity contribution in [2.75, 3.05) is 39.3 Å². The highest BCUT2D eigenvalue weighted by atomic mass is 16.4. The minimum absolute atomic E-state index is 0.129. The maximum Gasteiger partial charge on any atom is 0.408 e. The molecule has 0 spiro atoms. The molecule has 9 nitrogen and oxygen atoms in total. The van der Waals surface area contributed by atoms with Crippen molar-refractivity contribution >= 4 is 17.9 Å². The molecule has 3 amide bonds. The fraction of sp³-hybridized carbons (Fsp3) is 0.812. The second-order valence-corrected chi connectivity index (χ2v) is 7.14. The number of rotatable bonds is 4. The van der Waals surface area contributed by atoms with E-state index in [1.807, 2.05) is 0 Å². The van der Waals surface area contributed by atoms with Crippen molar-refractivity contribution in [3.8, 4) is 0 Å². The first-order chi connectivity index (χ1) is 11.7. The number of β-amino-alcohol motifs (C(OH)–C–C–N with tert-alkyl or cyclic N) is 1. The lowest BCUT2D eigenvalue weighted by Crippen LogP contribution is -2.58. The highest BCUT2D eigenvalue weighted by Gasteiger charge is 2.39. The fourth-order valence-electron chi connectivity index (χ4n) is 3.29. The summed E-state index contributed by atoms with van der Waals surface area (Å²) in [5.74, 6) is -0.451. The van der Waals surface area contributed by atoms with Gasteiger partial charge in [-0.2, -0.15) is 0 Å². The van der Waals surface area contributed by atoms with E-state index in [2.05, 4.69) is 0 Å². The van der Waals surface area contributed by atoms with Gasteiger partial charge in [-0.15, -0.1) is 0 Å². The highest BCUT2D eigenvalue weighted by Crippen LogP contribution is 2.30. The molecular weight excluding hydrogens is 330 g/mol. The van der Waals surface area contributed by atoms with Crippen LogP contribution in [0.4, 0.5) is 4.79 Å². The summed E-state index contributed by atoms with van der Waals surface area (Å²) >= 11 is 0. The van der Waals surface area contributed by atoms with Crippen LogP contribution in [0.2, 0.25) is 0 Å². The van der Waals surface area contributed by atoms with E-state index in [1.54, 1.807) is 18.7 Å². The van der Waals surface area contributed by atoms with Gasteiger partial charge >= 0.3 is 6.09 Å². The van der Waals surface area contributed by atoms with Gasteiger partial charge in [-0.3, -0.25) is 14.5 Å². The Morgan fingerprint density at radius 3 is 2.52 bits per heavy atom. The predicted molar refractivity (Wildman–Crippen MR) is 87.8 cm³/mol. The lowest BCUT2D eigenvalue weighted by atomic mass is 9.78. The smallest absolute Gasteiger partial charge is 0.408 e. The van der Waals surface area contributed by atoms with Crippen LogP contribution >= 0.6 is 0 Å². The summed E-state index contributed by atoms with van der Waals surface area (Å²) in [6.07, 6.45) is -1.25. The number of carboxylic acid groups (broad SMARTS) is 1. The molecule has 25 heavy (non-hydrogen) atoms. The number of piperidine rings is 1. The molecule has 3 N–H and O–H groups in total. The Morgan fingerprint density at radius 2 is 1.96 bits per heavy atom. The average molecular weight is 357 g/mol. The molecule has 0 radical (unpaired) electrons. The molecule has 0 saturated carbocycles. The van der Waals surface area contributed by atoms with Crippen molar-refractivity contribution in [1.82, 2.24) is 14.7 Å². The molecule has 0 bridgehead atoms. The standard InChI is InChI=1S/C16H27N3O6/c1-11-14(23)17(7-8-19(11)15(24)25)5-3-13(22)18-6-4-16(2,10-20)12(21)9-18/h11-12,20-21H,3-10H2,1-2H3,(H,24,25)/t11-,12?,16?/m0/s1. The topological polar surface area (TPSA) is 122 Å². The molecule has 0 aromatic rings. The number of aliphatic hydroxyl groups is 2. The van der Waals surface area contributed by atoms with Crippen LogP contribution in [0, 0.1) is 5.41 Å². The van der Waals surface area contributed by atoms with Gasteiger partial charge in [0.05, 0.1) is 12.7 Å². The first kappa shape index (κ1) is 19.5. The largest absolute Gasteiger partial charge is 0.465 e. The van der Waals surface area contributed by atoms with E-state index in [1.165, 1.54) is 4.90 Å². The Labute approximate surface area is 146 Å². The molecule has 0 aromatic heterocycles. The fourth-order valence-corrected chi connectivity index (χ4v) is 3.29. The van der Waals surface area contributed by atoms with Gasteiger partial charge in [0, 0.05) is 44.6 Å². The minimum atomic E-state index is -1.12. The van der Waals surface area contributed by atoms with Gasteiger partial charge in [-0.25, -0.2) is 4.79 Å². The summed E-state index contributed by atoms with van der Waals surface area (Å²) in [4.78, 5) is 39.8. The van der Waals surface area contributed by atoms with Crippen molar-refractivity contribution < 1.29 is 29.7 Å². The number of piperazine rings is 1. The molecule has 142 valence electrons. The molecule has 2 fully saturated rings. The number of aliphatic hydroxyl groups excluding tert-OH is 2. The van der Waals surface area contributed by atoms with Crippen LogP contribution in [-0.2, 0) is 9.59 Å². The Balaban J connectivity index is 1.85. The number of nitrogens with zero attached hydrogens (tertiary/aromatic N) is 3. The summed E-state index contributed by atoms with van der Waals surface area (Å²) in [7, 11) is 0. The predicted octanol–water partition coefficient (Wildman–Crippen LogP) is -0.821. The van der Waals surface area contributed by atoms with Crippen molar-refractivity contribution in [2.45, 2.75) is 38.8 Å². The normalized spacial score (nSPS) is 30.6. The van der Waals surface area contributed by atoms with Crippen LogP contribution in [-0.4, -0.2) is 99.4 Å². The highest BCUT2D eigenvalue weighted by molar-refractivity contribution is 5.86. The molecular formula is C16H27N3O6. The summed E-state index contributed by atoms with van der Waals surface area (Å²) in [6.45, 7) is 4.58. The van der Waals surface area contributed by atoms with E-state index in [4.69, 9.17) is 5.11 Å². The molecule has 2 aliphatic rings. The lowest BCUT2D eigenvalue weighted by Gasteiger charge is -2.42. The van der Waals surface area contributed by atoms with Gasteiger partial charge < -0.3 is 25.1 Å². The second kappa shape index (κ2) is 7.57. The van der Waals surface area contributed by atoms with E-state index in [-0.39, 0.29) is 51.0 Å². The Kier molecular flexibility index (Phi) is 5.89. The summed E-state index contributed by atoms with van der Waals surface area (Å²) in [5.41, 5.74) is -0.588. The number of carbonyl (C=O) groups is 3. The van der Waals surface area contributed by atoms with Crippen LogP contribution in [0.15, 0.2) is 0 Å². The van der Waals surface area contributed by atoms with Crippen LogP contribution in [0.1, 0.15) is 26.7 Å². The zero-order chi connectivity index (χ0) is 18.8. The van der Waals surface area contributed by atoms with Crippen molar-refractivity contribution in [3.05, 3.63) is 0 Å². The molecule has 2 saturated heterocycles. The van der Waals surface area contributed by atoms with Crippen LogP contribution in [0.5, 0.6) is 0 Å². The van der Waals surface area contributed by atoms with Crippen LogP contribution in [0.3, 0.4) is 0 Å². The summed E-state index contributed by atoms with van der Waals surface area (Å²) in [5, 5.41) is 28.6. The third-order valence-electron chi connectivity index (χ3n) is 5.45. The molecule has 2 unspecified atom stereocenters. The van der Waals surface area contributed by atoms with Gasteiger partial charge in [0.2, 0.25) is 11.8 Å². The quantitative estimate of drug-likeness (QED) is 0.604. The van der Waals surface area contributed by atoms with Gasteiger partial charge in [-0.05, 0) is 13.3 Å². The number of carbonyl (C=O) groups excluding carboxylic acids is 2. The Hall–Kier alpha value is -1.87. The monoisotopic (exact) mass is 357 g/mol. The van der Waals surface area contributed by atoms with E-state index < -0.39 is 23.7 Å². The number of hydrogen-bond acceptors (Lipinski definition) is 5. The van der Waals surface area contributed by atoms with E-state index in [0.29, 0.717) is 13.0 Å². The SMILES string of the molecule is C[C@H]1C(=O)N(CCC(=O)N2CCC(C)(CO)C(O)C2)CCN1C(=O)O. The molecule has 2 aliphatic heterocycles. The summed E-state index contributed by atoms with van der Waals surface area (Å²) < 4.78 is 0. The minimum Gasteiger partial charge on any atom is -0.465 e. The van der Waals surface area contributed by atoms with Crippen LogP contribution in [0.25, 0.3) is 0 Å². The van der Waals surface area contributed by atoms with Crippen molar-refractivity contribution in [2.24, 2.45) is 5.41 Å². The Morgan fingerprint density at radius 1 is 1.28 bits per heavy atom. The maximum absolute atomic E-state index is 12.4. The third kappa shape index (κ3) is 4.04. The summed E-state index contributed by atoms with van der Waals surface area (Å²) in [6, 6.07) is -0.747. The number of likely N-dealkylation sites (tertiary alicyclic amines) is 1. The second-order valence-electron chi connectivity index (χ2n) is 7.14.